The van der Waals surface area contributed by atoms with Gasteiger partial charge in [0.05, 0.1) is 12.5 Å². The van der Waals surface area contributed by atoms with Crippen LogP contribution < -0.4 is 0 Å². The highest BCUT2D eigenvalue weighted by molar-refractivity contribution is 5.87. The first-order chi connectivity index (χ1) is 11.0. The normalized spacial score (nSPS) is 26.8. The van der Waals surface area contributed by atoms with Gasteiger partial charge in [0.15, 0.2) is 5.60 Å². The number of likely N-dealkylation sites (tertiary alicyclic amines) is 1. The van der Waals surface area contributed by atoms with Crippen LogP contribution in [0.5, 0.6) is 5.75 Å². The molecule has 0 saturated carbocycles. The van der Waals surface area contributed by atoms with Gasteiger partial charge in [0, 0.05) is 20.1 Å². The van der Waals surface area contributed by atoms with Crippen LogP contribution in [0.25, 0.3) is 0 Å². The Hall–Kier alpha value is -2.08. The summed E-state index contributed by atoms with van der Waals surface area (Å²) in [6.07, 6.45) is 2.62. The molecule has 0 bridgehead atoms. The van der Waals surface area contributed by atoms with Gasteiger partial charge in [-0.3, -0.25) is 4.79 Å². The van der Waals surface area contributed by atoms with Crippen molar-refractivity contribution in [1.29, 1.82) is 0 Å². The molecule has 1 heterocycles. The third-order valence-corrected chi connectivity index (χ3v) is 5.10. The first-order valence-electron chi connectivity index (χ1n) is 7.86. The summed E-state index contributed by atoms with van der Waals surface area (Å²) in [6.45, 7) is 0.450. The van der Waals surface area contributed by atoms with E-state index in [0.717, 1.165) is 30.4 Å². The molecule has 1 aromatic rings. The van der Waals surface area contributed by atoms with Crippen molar-refractivity contribution in [1.82, 2.24) is 4.90 Å². The molecule has 2 aliphatic rings. The molecule has 6 nitrogen and oxygen atoms in total. The van der Waals surface area contributed by atoms with Gasteiger partial charge in [-0.05, 0) is 36.5 Å². The van der Waals surface area contributed by atoms with Gasteiger partial charge >= 0.3 is 5.97 Å². The minimum absolute atomic E-state index is 0.0717. The van der Waals surface area contributed by atoms with Gasteiger partial charge in [-0.15, -0.1) is 0 Å². The van der Waals surface area contributed by atoms with E-state index in [1.54, 1.807) is 17.0 Å². The van der Waals surface area contributed by atoms with Gasteiger partial charge in [-0.1, -0.05) is 12.1 Å². The number of nitrogens with zero attached hydrogens (tertiary/aromatic N) is 1. The Morgan fingerprint density at radius 1 is 1.39 bits per heavy atom. The van der Waals surface area contributed by atoms with Crippen LogP contribution in [0.2, 0.25) is 0 Å². The van der Waals surface area contributed by atoms with Crippen LogP contribution >= 0.6 is 0 Å². The van der Waals surface area contributed by atoms with Gasteiger partial charge in [0.2, 0.25) is 5.91 Å². The van der Waals surface area contributed by atoms with Crippen molar-refractivity contribution in [2.45, 2.75) is 37.2 Å². The van der Waals surface area contributed by atoms with Crippen LogP contribution in [0, 0.1) is 0 Å². The summed E-state index contributed by atoms with van der Waals surface area (Å²) >= 11 is 0. The lowest BCUT2D eigenvalue weighted by molar-refractivity contribution is -0.161. The number of phenols is 1. The van der Waals surface area contributed by atoms with Crippen molar-refractivity contribution < 1.29 is 24.5 Å². The second-order valence-electron chi connectivity index (χ2n) is 6.30. The van der Waals surface area contributed by atoms with E-state index in [1.165, 1.54) is 7.11 Å². The van der Waals surface area contributed by atoms with Crippen molar-refractivity contribution in [2.75, 3.05) is 20.2 Å². The zero-order valence-electron chi connectivity index (χ0n) is 13.1. The summed E-state index contributed by atoms with van der Waals surface area (Å²) in [6, 6.07) is 5.27. The molecule has 2 atom stereocenters. The summed E-state index contributed by atoms with van der Waals surface area (Å²) in [5.74, 6) is -1.18. The molecular weight excluding hydrogens is 298 g/mol. The summed E-state index contributed by atoms with van der Waals surface area (Å²) in [5, 5.41) is 19.4. The molecule has 0 spiro atoms. The number of phenolic OH excluding ortho intramolecular Hbond substituents is 1. The minimum atomic E-state index is -1.30. The second-order valence-corrected chi connectivity index (χ2v) is 6.30. The number of aliphatic carboxylic acids is 1. The van der Waals surface area contributed by atoms with Gasteiger partial charge in [-0.25, -0.2) is 4.79 Å². The largest absolute Gasteiger partial charge is 0.508 e. The molecule has 2 unspecified atom stereocenters. The summed E-state index contributed by atoms with van der Waals surface area (Å²) in [7, 11) is 1.37. The Kier molecular flexibility index (Phi) is 4.02. The Bertz CT molecular complexity index is 644. The number of amides is 1. The van der Waals surface area contributed by atoms with Crippen molar-refractivity contribution in [3.05, 3.63) is 29.3 Å². The van der Waals surface area contributed by atoms with Crippen LogP contribution in [0.1, 0.15) is 36.3 Å². The number of benzene rings is 1. The highest BCUT2D eigenvalue weighted by atomic mass is 16.5. The number of hydrogen-bond acceptors (Lipinski definition) is 4. The molecular formula is C17H21NO5. The van der Waals surface area contributed by atoms with Crippen molar-refractivity contribution in [2.24, 2.45) is 0 Å². The number of carboxylic acid groups (broad SMARTS) is 1. The summed E-state index contributed by atoms with van der Waals surface area (Å²) < 4.78 is 5.18. The minimum Gasteiger partial charge on any atom is -0.508 e. The Morgan fingerprint density at radius 3 is 2.83 bits per heavy atom. The zero-order valence-corrected chi connectivity index (χ0v) is 13.1. The number of rotatable bonds is 3. The molecule has 1 aliphatic heterocycles. The highest BCUT2D eigenvalue weighted by Gasteiger charge is 2.48. The molecule has 6 heteroatoms. The van der Waals surface area contributed by atoms with Crippen molar-refractivity contribution in [3.8, 4) is 5.75 Å². The number of ether oxygens (including phenoxy) is 1. The third-order valence-electron chi connectivity index (χ3n) is 5.10. The van der Waals surface area contributed by atoms with E-state index >= 15 is 0 Å². The number of methoxy groups -OCH3 is 1. The fourth-order valence-electron chi connectivity index (χ4n) is 3.70. The van der Waals surface area contributed by atoms with E-state index in [9.17, 15) is 19.8 Å². The SMILES string of the molecule is COC1(C(=O)O)CCN(C(=O)C2CCCc3c(O)cccc32)C1. The lowest BCUT2D eigenvalue weighted by atomic mass is 9.81. The van der Waals surface area contributed by atoms with Gasteiger partial charge in [0.1, 0.15) is 5.75 Å². The van der Waals surface area contributed by atoms with Gasteiger partial charge < -0.3 is 19.8 Å². The zero-order chi connectivity index (χ0) is 16.6. The summed E-state index contributed by atoms with van der Waals surface area (Å²) in [4.78, 5) is 25.9. The highest BCUT2D eigenvalue weighted by Crippen LogP contribution is 2.38. The summed E-state index contributed by atoms with van der Waals surface area (Å²) in [5.41, 5.74) is 0.408. The maximum Gasteiger partial charge on any atom is 0.337 e. The van der Waals surface area contributed by atoms with Crippen molar-refractivity contribution >= 4 is 11.9 Å². The van der Waals surface area contributed by atoms with Crippen LogP contribution in [0.15, 0.2) is 18.2 Å². The Labute approximate surface area is 134 Å². The molecule has 1 aromatic carbocycles. The molecule has 1 saturated heterocycles. The first-order valence-corrected chi connectivity index (χ1v) is 7.86. The van der Waals surface area contributed by atoms with Crippen LogP contribution in [-0.4, -0.2) is 52.8 Å². The molecule has 1 aliphatic carbocycles. The quantitative estimate of drug-likeness (QED) is 0.882. The van der Waals surface area contributed by atoms with Gasteiger partial charge in [-0.2, -0.15) is 0 Å². The van der Waals surface area contributed by atoms with E-state index in [2.05, 4.69) is 0 Å². The lowest BCUT2D eigenvalue weighted by Gasteiger charge is -2.30. The molecule has 0 radical (unpaired) electrons. The molecule has 1 amide bonds. The van der Waals surface area contributed by atoms with E-state index in [0.29, 0.717) is 13.0 Å². The van der Waals surface area contributed by atoms with Crippen LogP contribution in [0.3, 0.4) is 0 Å². The predicted molar refractivity (Wildman–Crippen MR) is 82.4 cm³/mol. The number of hydrogen-bond donors (Lipinski definition) is 2. The number of fused-ring (bicyclic) bond motifs is 1. The predicted octanol–water partition coefficient (Wildman–Crippen LogP) is 1.51. The Balaban J connectivity index is 1.84. The van der Waals surface area contributed by atoms with Crippen LogP contribution in [0.4, 0.5) is 0 Å². The van der Waals surface area contributed by atoms with E-state index in [4.69, 9.17) is 4.74 Å². The molecule has 2 N–H and O–H groups in total. The fraction of sp³-hybridized carbons (Fsp3) is 0.529. The third kappa shape index (κ3) is 2.57. The molecule has 1 fully saturated rings. The topological polar surface area (TPSA) is 87.1 Å². The maximum atomic E-state index is 12.9. The molecule has 3 rings (SSSR count). The van der Waals surface area contributed by atoms with E-state index in [-0.39, 0.29) is 24.1 Å². The average Bonchev–Trinajstić information content (AvgIpc) is 3.00. The number of aromatic hydroxyl groups is 1. The van der Waals surface area contributed by atoms with Crippen LogP contribution in [-0.2, 0) is 20.7 Å². The standard InChI is InChI=1S/C17H21NO5/c1-23-17(16(21)22)8-9-18(10-17)15(20)13-6-2-5-12-11(13)4-3-7-14(12)19/h3-4,7,13,19H,2,5-6,8-10H2,1H3,(H,21,22). The monoisotopic (exact) mass is 319 g/mol. The smallest absolute Gasteiger partial charge is 0.337 e. The first kappa shape index (κ1) is 15.8. The van der Waals surface area contributed by atoms with Gasteiger partial charge in [0.25, 0.3) is 0 Å². The lowest BCUT2D eigenvalue weighted by Crippen LogP contribution is -2.45. The van der Waals surface area contributed by atoms with Crippen molar-refractivity contribution in [3.63, 3.8) is 0 Å². The number of carbonyl (C=O) groups is 2. The molecule has 0 aromatic heterocycles. The number of carbonyl (C=O) groups excluding carboxylic acids is 1. The number of carboxylic acids is 1. The maximum absolute atomic E-state index is 12.9. The fourth-order valence-corrected chi connectivity index (χ4v) is 3.70. The molecule has 23 heavy (non-hydrogen) atoms. The average molecular weight is 319 g/mol. The molecule has 124 valence electrons. The second kappa shape index (κ2) is 5.85. The van der Waals surface area contributed by atoms with E-state index < -0.39 is 11.6 Å². The van der Waals surface area contributed by atoms with E-state index in [1.807, 2.05) is 6.07 Å². The Morgan fingerprint density at radius 2 is 2.17 bits per heavy atom.